The van der Waals surface area contributed by atoms with Gasteiger partial charge in [-0.15, -0.1) is 11.3 Å². The second-order valence-electron chi connectivity index (χ2n) is 6.19. The van der Waals surface area contributed by atoms with Crippen molar-refractivity contribution in [1.29, 1.82) is 0 Å². The number of piperazine rings is 1. The van der Waals surface area contributed by atoms with E-state index in [1.165, 1.54) is 21.4 Å². The number of nitrogens with one attached hydrogen (secondary N) is 1. The summed E-state index contributed by atoms with van der Waals surface area (Å²) in [6.45, 7) is 1.12. The number of carbonyl (C=O) groups excluding carboxylic acids is 1. The van der Waals surface area contributed by atoms with E-state index in [-0.39, 0.29) is 23.9 Å². The maximum atomic E-state index is 12.7. The molecule has 11 heteroatoms. The second-order valence-corrected chi connectivity index (χ2v) is 9.08. The average molecular weight is 406 g/mol. The van der Waals surface area contributed by atoms with E-state index in [0.717, 1.165) is 10.6 Å². The molecule has 142 valence electrons. The number of H-pyrrole nitrogens is 1. The topological polar surface area (TPSA) is 104 Å². The highest BCUT2D eigenvalue weighted by Crippen LogP contribution is 2.24. The molecule has 1 saturated heterocycles. The summed E-state index contributed by atoms with van der Waals surface area (Å²) in [6.07, 6.45) is 2.81. The van der Waals surface area contributed by atoms with E-state index in [2.05, 4.69) is 15.3 Å². The van der Waals surface area contributed by atoms with Gasteiger partial charge in [0.05, 0.1) is 16.8 Å². The summed E-state index contributed by atoms with van der Waals surface area (Å²) >= 11 is 1.56. The molecule has 1 fully saturated rings. The second kappa shape index (κ2) is 6.91. The SMILES string of the molecule is Cn1cc(S(=O)(=O)N2CCN(C(=O)c3cc(-c4cccs4)[nH]n3)CC2)cn1. The van der Waals surface area contributed by atoms with E-state index in [9.17, 15) is 13.2 Å². The van der Waals surface area contributed by atoms with Crippen LogP contribution in [-0.2, 0) is 17.1 Å². The summed E-state index contributed by atoms with van der Waals surface area (Å²) in [7, 11) is -1.92. The molecule has 1 aliphatic rings. The van der Waals surface area contributed by atoms with Crippen LogP contribution >= 0.6 is 11.3 Å². The van der Waals surface area contributed by atoms with Gasteiger partial charge in [0, 0.05) is 39.4 Å². The van der Waals surface area contributed by atoms with Crippen LogP contribution in [0.1, 0.15) is 10.5 Å². The van der Waals surface area contributed by atoms with Gasteiger partial charge in [0.25, 0.3) is 5.91 Å². The molecule has 0 spiro atoms. The van der Waals surface area contributed by atoms with Gasteiger partial charge in [0.2, 0.25) is 10.0 Å². The monoisotopic (exact) mass is 406 g/mol. The number of sulfonamides is 1. The van der Waals surface area contributed by atoms with Crippen LogP contribution in [-0.4, -0.2) is 69.7 Å². The minimum Gasteiger partial charge on any atom is -0.335 e. The van der Waals surface area contributed by atoms with Crippen molar-refractivity contribution < 1.29 is 13.2 Å². The van der Waals surface area contributed by atoms with E-state index in [4.69, 9.17) is 0 Å². The highest BCUT2D eigenvalue weighted by Gasteiger charge is 2.31. The number of aromatic amines is 1. The van der Waals surface area contributed by atoms with Crippen LogP contribution in [0.15, 0.2) is 40.9 Å². The van der Waals surface area contributed by atoms with E-state index in [1.807, 2.05) is 17.5 Å². The maximum Gasteiger partial charge on any atom is 0.274 e. The van der Waals surface area contributed by atoms with Crippen LogP contribution in [0.5, 0.6) is 0 Å². The molecule has 0 radical (unpaired) electrons. The Kier molecular flexibility index (Phi) is 4.58. The lowest BCUT2D eigenvalue weighted by Crippen LogP contribution is -2.50. The third kappa shape index (κ3) is 3.40. The van der Waals surface area contributed by atoms with Gasteiger partial charge in [0.15, 0.2) is 5.69 Å². The molecule has 3 aromatic rings. The molecule has 9 nitrogen and oxygen atoms in total. The summed E-state index contributed by atoms with van der Waals surface area (Å²) < 4.78 is 28.1. The number of carbonyl (C=O) groups is 1. The third-order valence-electron chi connectivity index (χ3n) is 4.43. The summed E-state index contributed by atoms with van der Waals surface area (Å²) in [6, 6.07) is 5.62. The molecule has 4 rings (SSSR count). The van der Waals surface area contributed by atoms with Crippen molar-refractivity contribution in [2.75, 3.05) is 26.2 Å². The van der Waals surface area contributed by atoms with Crippen LogP contribution in [0, 0.1) is 0 Å². The zero-order valence-corrected chi connectivity index (χ0v) is 16.2. The highest BCUT2D eigenvalue weighted by molar-refractivity contribution is 7.89. The van der Waals surface area contributed by atoms with Gasteiger partial charge in [0.1, 0.15) is 4.90 Å². The van der Waals surface area contributed by atoms with Gasteiger partial charge in [-0.1, -0.05) is 6.07 Å². The first kappa shape index (κ1) is 17.9. The Labute approximate surface area is 160 Å². The van der Waals surface area contributed by atoms with Crippen LogP contribution in [0.2, 0.25) is 0 Å². The fourth-order valence-electron chi connectivity index (χ4n) is 2.96. The van der Waals surface area contributed by atoms with E-state index in [0.29, 0.717) is 18.8 Å². The minimum atomic E-state index is -3.59. The molecule has 27 heavy (non-hydrogen) atoms. The number of rotatable bonds is 4. The fraction of sp³-hybridized carbons (Fsp3) is 0.312. The first-order valence-corrected chi connectivity index (χ1v) is 10.6. The molecule has 0 bridgehead atoms. The van der Waals surface area contributed by atoms with E-state index >= 15 is 0 Å². The van der Waals surface area contributed by atoms with Crippen molar-refractivity contribution in [3.63, 3.8) is 0 Å². The van der Waals surface area contributed by atoms with Gasteiger partial charge >= 0.3 is 0 Å². The van der Waals surface area contributed by atoms with Crippen LogP contribution in [0.25, 0.3) is 10.6 Å². The molecule has 0 saturated carbocycles. The molecule has 0 atom stereocenters. The molecular formula is C16H18N6O3S2. The predicted octanol–water partition coefficient (Wildman–Crippen LogP) is 1.02. The number of hydrogen-bond donors (Lipinski definition) is 1. The smallest absolute Gasteiger partial charge is 0.274 e. The van der Waals surface area contributed by atoms with Gasteiger partial charge in [-0.3, -0.25) is 14.6 Å². The molecule has 1 N–H and O–H groups in total. The van der Waals surface area contributed by atoms with Crippen molar-refractivity contribution in [2.24, 2.45) is 7.05 Å². The van der Waals surface area contributed by atoms with Crippen LogP contribution in [0.4, 0.5) is 0 Å². The van der Waals surface area contributed by atoms with Crippen molar-refractivity contribution in [3.8, 4) is 10.6 Å². The number of aromatic nitrogens is 4. The van der Waals surface area contributed by atoms with Crippen LogP contribution < -0.4 is 0 Å². The minimum absolute atomic E-state index is 0.165. The zero-order valence-electron chi connectivity index (χ0n) is 14.6. The Balaban J connectivity index is 1.42. The Morgan fingerprint density at radius 2 is 2.04 bits per heavy atom. The van der Waals surface area contributed by atoms with Gasteiger partial charge in [-0.25, -0.2) is 8.42 Å². The highest BCUT2D eigenvalue weighted by atomic mass is 32.2. The fourth-order valence-corrected chi connectivity index (χ4v) is 5.06. The summed E-state index contributed by atoms with van der Waals surface area (Å²) in [5.41, 5.74) is 1.13. The Morgan fingerprint density at radius 1 is 1.26 bits per heavy atom. The van der Waals surface area contributed by atoms with Crippen molar-refractivity contribution in [1.82, 2.24) is 29.2 Å². The van der Waals surface area contributed by atoms with Crippen molar-refractivity contribution >= 4 is 27.3 Å². The van der Waals surface area contributed by atoms with Crippen LogP contribution in [0.3, 0.4) is 0 Å². The first-order valence-electron chi connectivity index (χ1n) is 8.32. The Hall–Kier alpha value is -2.50. The Bertz CT molecular complexity index is 1050. The molecular weight excluding hydrogens is 388 g/mol. The number of nitrogens with zero attached hydrogens (tertiary/aromatic N) is 5. The van der Waals surface area contributed by atoms with Gasteiger partial charge in [-0.2, -0.15) is 14.5 Å². The quantitative estimate of drug-likeness (QED) is 0.697. The lowest BCUT2D eigenvalue weighted by atomic mass is 10.2. The lowest BCUT2D eigenvalue weighted by Gasteiger charge is -2.33. The molecule has 0 aromatic carbocycles. The van der Waals surface area contributed by atoms with Crippen molar-refractivity contribution in [3.05, 3.63) is 41.7 Å². The molecule has 0 aliphatic carbocycles. The molecule has 4 heterocycles. The Morgan fingerprint density at radius 3 is 2.67 bits per heavy atom. The third-order valence-corrected chi connectivity index (χ3v) is 7.18. The zero-order chi connectivity index (χ0) is 19.0. The standard InChI is InChI=1S/C16H18N6O3S2/c1-20-11-12(10-17-20)27(24,25)22-6-4-21(5-7-22)16(23)14-9-13(18-19-14)15-3-2-8-26-15/h2-3,8-11H,4-7H2,1H3,(H,18,19). The molecule has 0 unspecified atom stereocenters. The van der Waals surface area contributed by atoms with Gasteiger partial charge < -0.3 is 4.90 Å². The normalized spacial score (nSPS) is 16.0. The van der Waals surface area contributed by atoms with Gasteiger partial charge in [-0.05, 0) is 17.5 Å². The summed E-state index contributed by atoms with van der Waals surface area (Å²) in [4.78, 5) is 15.5. The summed E-state index contributed by atoms with van der Waals surface area (Å²) in [5.74, 6) is -0.201. The number of aryl methyl sites for hydroxylation is 1. The first-order chi connectivity index (χ1) is 12.9. The molecule has 1 aliphatic heterocycles. The number of thiophene rings is 1. The van der Waals surface area contributed by atoms with Crippen molar-refractivity contribution in [2.45, 2.75) is 4.90 Å². The molecule has 1 amide bonds. The number of hydrogen-bond acceptors (Lipinski definition) is 6. The number of amides is 1. The maximum absolute atomic E-state index is 12.7. The average Bonchev–Trinajstić information content (AvgIpc) is 3.41. The largest absolute Gasteiger partial charge is 0.335 e. The predicted molar refractivity (Wildman–Crippen MR) is 99.8 cm³/mol. The summed E-state index contributed by atoms with van der Waals surface area (Å²) in [5, 5.41) is 12.9. The molecule has 3 aromatic heterocycles. The lowest BCUT2D eigenvalue weighted by molar-refractivity contribution is 0.0692. The van der Waals surface area contributed by atoms with E-state index < -0.39 is 10.0 Å². The van der Waals surface area contributed by atoms with E-state index in [1.54, 1.807) is 29.4 Å².